The van der Waals surface area contributed by atoms with Crippen molar-refractivity contribution in [2.45, 2.75) is 38.5 Å². The van der Waals surface area contributed by atoms with Crippen LogP contribution in [0.25, 0.3) is 0 Å². The van der Waals surface area contributed by atoms with Crippen molar-refractivity contribution in [1.29, 1.82) is 0 Å². The Bertz CT molecular complexity index is 579. The summed E-state index contributed by atoms with van der Waals surface area (Å²) in [6.07, 6.45) is 1.67. The Morgan fingerprint density at radius 1 is 1.50 bits per heavy atom. The fourth-order valence-electron chi connectivity index (χ4n) is 2.99. The van der Waals surface area contributed by atoms with Crippen LogP contribution < -0.4 is 10.1 Å². The molecule has 2 unspecified atom stereocenters. The quantitative estimate of drug-likeness (QED) is 0.804. The van der Waals surface area contributed by atoms with E-state index in [4.69, 9.17) is 4.74 Å². The van der Waals surface area contributed by atoms with Gasteiger partial charge in [0, 0.05) is 23.0 Å². The predicted octanol–water partition coefficient (Wildman–Crippen LogP) is 4.19. The highest BCUT2D eigenvalue weighted by Crippen LogP contribution is 2.48. The van der Waals surface area contributed by atoms with Gasteiger partial charge < -0.3 is 10.1 Å². The van der Waals surface area contributed by atoms with Gasteiger partial charge in [0.05, 0.1) is 10.5 Å². The van der Waals surface area contributed by atoms with Crippen LogP contribution in [0.15, 0.2) is 21.1 Å². The Balaban J connectivity index is 2.08. The zero-order chi connectivity index (χ0) is 14.5. The third-order valence-corrected chi connectivity index (χ3v) is 4.93. The first-order chi connectivity index (χ1) is 9.44. The Kier molecular flexibility index (Phi) is 3.49. The van der Waals surface area contributed by atoms with Gasteiger partial charge in [-0.25, -0.2) is 4.79 Å². The van der Waals surface area contributed by atoms with E-state index in [2.05, 4.69) is 44.1 Å². The highest BCUT2D eigenvalue weighted by Gasteiger charge is 2.49. The Labute approximate surface area is 135 Å². The lowest BCUT2D eigenvalue weighted by Crippen LogP contribution is -2.64. The van der Waals surface area contributed by atoms with Gasteiger partial charge in [-0.2, -0.15) is 0 Å². The minimum Gasteiger partial charge on any atom is -0.466 e. The molecule has 0 aromatic heterocycles. The standard InChI is InChI=1S/C14H16Br2N2O2/c1-3-4-18-13(19)17-11-7-14(18,2)20-12-9(11)5-8(15)6-10(12)16/h5-6,11H,3-4,7H2,1-2H3,(H,17,19). The van der Waals surface area contributed by atoms with Gasteiger partial charge in [-0.3, -0.25) is 4.90 Å². The smallest absolute Gasteiger partial charge is 0.320 e. The minimum atomic E-state index is -0.577. The lowest BCUT2D eigenvalue weighted by atomic mass is 9.90. The summed E-state index contributed by atoms with van der Waals surface area (Å²) in [5, 5.41) is 3.08. The summed E-state index contributed by atoms with van der Waals surface area (Å²) < 4.78 is 8.09. The van der Waals surface area contributed by atoms with E-state index < -0.39 is 5.72 Å². The van der Waals surface area contributed by atoms with E-state index in [1.165, 1.54) is 0 Å². The molecule has 2 aliphatic heterocycles. The Morgan fingerprint density at radius 2 is 2.25 bits per heavy atom. The number of nitrogens with zero attached hydrogens (tertiary/aromatic N) is 1. The number of urea groups is 1. The van der Waals surface area contributed by atoms with Crippen molar-refractivity contribution in [1.82, 2.24) is 10.2 Å². The van der Waals surface area contributed by atoms with Crippen molar-refractivity contribution in [2.75, 3.05) is 6.54 Å². The molecule has 1 N–H and O–H groups in total. The molecular weight excluding hydrogens is 388 g/mol. The first-order valence-corrected chi connectivity index (χ1v) is 8.29. The predicted molar refractivity (Wildman–Crippen MR) is 83.8 cm³/mol. The van der Waals surface area contributed by atoms with Gasteiger partial charge in [0.2, 0.25) is 0 Å². The van der Waals surface area contributed by atoms with E-state index in [9.17, 15) is 4.79 Å². The SMILES string of the molecule is CCCN1C(=O)NC2CC1(C)Oc1c(Br)cc(Br)cc12. The van der Waals surface area contributed by atoms with E-state index in [0.29, 0.717) is 6.54 Å². The number of fused-ring (bicyclic) bond motifs is 4. The van der Waals surface area contributed by atoms with Crippen molar-refractivity contribution in [3.05, 3.63) is 26.6 Å². The first kappa shape index (κ1) is 14.2. The number of rotatable bonds is 2. The summed E-state index contributed by atoms with van der Waals surface area (Å²) in [5.74, 6) is 0.827. The van der Waals surface area contributed by atoms with Crippen LogP contribution in [0.4, 0.5) is 4.79 Å². The lowest BCUT2D eigenvalue weighted by Gasteiger charge is -2.51. The average Bonchev–Trinajstić information content (AvgIpc) is 2.36. The number of halogens is 2. The summed E-state index contributed by atoms with van der Waals surface area (Å²) in [4.78, 5) is 14.1. The van der Waals surface area contributed by atoms with Crippen LogP contribution in [0.1, 0.15) is 38.3 Å². The summed E-state index contributed by atoms with van der Waals surface area (Å²) in [7, 11) is 0. The second kappa shape index (κ2) is 4.91. The first-order valence-electron chi connectivity index (χ1n) is 6.70. The normalized spacial score (nSPS) is 27.7. The second-order valence-electron chi connectivity index (χ2n) is 5.44. The molecule has 0 saturated carbocycles. The molecule has 1 aromatic carbocycles. The van der Waals surface area contributed by atoms with Crippen molar-refractivity contribution in [3.8, 4) is 5.75 Å². The zero-order valence-electron chi connectivity index (χ0n) is 11.4. The summed E-state index contributed by atoms with van der Waals surface area (Å²) >= 11 is 7.04. The topological polar surface area (TPSA) is 41.6 Å². The molecule has 6 heteroatoms. The van der Waals surface area contributed by atoms with Crippen LogP contribution in [0.2, 0.25) is 0 Å². The third kappa shape index (κ3) is 2.13. The van der Waals surface area contributed by atoms with Crippen molar-refractivity contribution in [3.63, 3.8) is 0 Å². The summed E-state index contributed by atoms with van der Waals surface area (Å²) in [5.41, 5.74) is 0.444. The molecule has 108 valence electrons. The third-order valence-electron chi connectivity index (χ3n) is 3.88. The molecule has 1 saturated heterocycles. The van der Waals surface area contributed by atoms with Gasteiger partial charge in [-0.15, -0.1) is 0 Å². The maximum Gasteiger partial charge on any atom is 0.320 e. The lowest BCUT2D eigenvalue weighted by molar-refractivity contribution is -0.0842. The molecule has 3 rings (SSSR count). The summed E-state index contributed by atoms with van der Waals surface area (Å²) in [6.45, 7) is 4.75. The molecule has 0 aliphatic carbocycles. The van der Waals surface area contributed by atoms with Crippen LogP contribution in [0.5, 0.6) is 5.75 Å². The van der Waals surface area contributed by atoms with Crippen molar-refractivity contribution >= 4 is 37.9 Å². The fraction of sp³-hybridized carbons (Fsp3) is 0.500. The molecule has 1 aromatic rings. The molecular formula is C14H16Br2N2O2. The van der Waals surface area contributed by atoms with Gasteiger partial charge >= 0.3 is 6.03 Å². The fourth-order valence-corrected chi connectivity index (χ4v) is 4.33. The maximum absolute atomic E-state index is 12.3. The van der Waals surface area contributed by atoms with Gasteiger partial charge in [-0.05, 0) is 41.4 Å². The van der Waals surface area contributed by atoms with Crippen LogP contribution in [0, 0.1) is 0 Å². The van der Waals surface area contributed by atoms with E-state index >= 15 is 0 Å². The Hall–Kier alpha value is -0.750. The molecule has 2 heterocycles. The molecule has 4 nitrogen and oxygen atoms in total. The van der Waals surface area contributed by atoms with Gasteiger partial charge in [-0.1, -0.05) is 22.9 Å². The van der Waals surface area contributed by atoms with Crippen LogP contribution in [-0.4, -0.2) is 23.2 Å². The van der Waals surface area contributed by atoms with Crippen LogP contribution in [0.3, 0.4) is 0 Å². The van der Waals surface area contributed by atoms with Crippen LogP contribution in [-0.2, 0) is 0 Å². The van der Waals surface area contributed by atoms with Gasteiger partial charge in [0.25, 0.3) is 0 Å². The number of ether oxygens (including phenoxy) is 1. The molecule has 20 heavy (non-hydrogen) atoms. The number of carbonyl (C=O) groups is 1. The van der Waals surface area contributed by atoms with E-state index in [1.54, 1.807) is 4.90 Å². The van der Waals surface area contributed by atoms with Crippen molar-refractivity contribution in [2.24, 2.45) is 0 Å². The van der Waals surface area contributed by atoms with E-state index in [-0.39, 0.29) is 12.1 Å². The largest absolute Gasteiger partial charge is 0.466 e. The second-order valence-corrected chi connectivity index (χ2v) is 7.21. The van der Waals surface area contributed by atoms with E-state index in [0.717, 1.165) is 33.1 Å². The van der Waals surface area contributed by atoms with Crippen molar-refractivity contribution < 1.29 is 9.53 Å². The number of benzene rings is 1. The van der Waals surface area contributed by atoms with Gasteiger partial charge in [0.15, 0.2) is 5.72 Å². The molecule has 2 atom stereocenters. The number of hydrogen-bond donors (Lipinski definition) is 1. The maximum atomic E-state index is 12.3. The molecule has 2 aliphatic rings. The van der Waals surface area contributed by atoms with Gasteiger partial charge in [0.1, 0.15) is 5.75 Å². The zero-order valence-corrected chi connectivity index (χ0v) is 14.5. The van der Waals surface area contributed by atoms with E-state index in [1.807, 2.05) is 19.1 Å². The number of nitrogens with one attached hydrogen (secondary N) is 1. The average molecular weight is 404 g/mol. The minimum absolute atomic E-state index is 0.00171. The highest BCUT2D eigenvalue weighted by molar-refractivity contribution is 9.11. The van der Waals surface area contributed by atoms with Crippen LogP contribution >= 0.6 is 31.9 Å². The number of amides is 2. The molecule has 0 radical (unpaired) electrons. The summed E-state index contributed by atoms with van der Waals surface area (Å²) in [6, 6.07) is 3.93. The molecule has 2 amide bonds. The highest BCUT2D eigenvalue weighted by atomic mass is 79.9. The monoisotopic (exact) mass is 402 g/mol. The molecule has 1 fully saturated rings. The number of hydrogen-bond acceptors (Lipinski definition) is 2. The Morgan fingerprint density at radius 3 is 2.95 bits per heavy atom. The number of carbonyl (C=O) groups excluding carboxylic acids is 1. The molecule has 2 bridgehead atoms. The molecule has 0 spiro atoms.